The molecule has 2 heterocycles. The fraction of sp³-hybridized carbons (Fsp3) is 0.188. The highest BCUT2D eigenvalue weighted by molar-refractivity contribution is 5.91. The Morgan fingerprint density at radius 3 is 3.09 bits per heavy atom. The molecule has 0 saturated carbocycles. The molecule has 0 saturated heterocycles. The van der Waals surface area contributed by atoms with Crippen molar-refractivity contribution in [2.45, 2.75) is 0 Å². The largest absolute Gasteiger partial charge is 0.492 e. The summed E-state index contributed by atoms with van der Waals surface area (Å²) >= 11 is 0. The third kappa shape index (κ3) is 3.76. The van der Waals surface area contributed by atoms with Crippen molar-refractivity contribution in [3.8, 4) is 16.9 Å². The lowest BCUT2D eigenvalue weighted by atomic mass is 10.1. The van der Waals surface area contributed by atoms with Crippen LogP contribution in [0.2, 0.25) is 0 Å². The van der Waals surface area contributed by atoms with Gasteiger partial charge in [0.1, 0.15) is 12.4 Å². The molecule has 0 unspecified atom stereocenters. The summed E-state index contributed by atoms with van der Waals surface area (Å²) in [6, 6.07) is 10.1. The van der Waals surface area contributed by atoms with Crippen molar-refractivity contribution in [1.82, 2.24) is 20.3 Å². The van der Waals surface area contributed by atoms with Crippen molar-refractivity contribution in [3.05, 3.63) is 54.7 Å². The number of nitrogens with zero attached hydrogens (tertiary/aromatic N) is 3. The topological polar surface area (TPSA) is 82.2 Å². The molecule has 23 heavy (non-hydrogen) atoms. The number of aromatic nitrogens is 3. The number of rotatable bonds is 6. The first-order chi connectivity index (χ1) is 11.2. The van der Waals surface area contributed by atoms with Crippen LogP contribution in [0.3, 0.4) is 0 Å². The van der Waals surface area contributed by atoms with Gasteiger partial charge in [0.15, 0.2) is 0 Å². The van der Waals surface area contributed by atoms with Gasteiger partial charge in [-0.3, -0.25) is 9.48 Å². The summed E-state index contributed by atoms with van der Waals surface area (Å²) in [5.41, 5.74) is 1.97. The number of nitrogens with one attached hydrogen (secondary N) is 1. The second kappa shape index (κ2) is 6.78. The molecule has 1 N–H and O–H groups in total. The Morgan fingerprint density at radius 1 is 1.43 bits per heavy atom. The average Bonchev–Trinajstić information content (AvgIpc) is 3.23. The van der Waals surface area contributed by atoms with Gasteiger partial charge < -0.3 is 14.6 Å². The van der Waals surface area contributed by atoms with Crippen LogP contribution in [-0.4, -0.2) is 34.0 Å². The molecule has 117 valence electrons. The van der Waals surface area contributed by atoms with E-state index >= 15 is 0 Å². The molecule has 1 amide bonds. The first-order valence-corrected chi connectivity index (χ1v) is 7.04. The maximum absolute atomic E-state index is 11.6. The van der Waals surface area contributed by atoms with Gasteiger partial charge in [-0.1, -0.05) is 5.16 Å². The second-order valence-corrected chi connectivity index (χ2v) is 4.84. The fourth-order valence-corrected chi connectivity index (χ4v) is 2.02. The Balaban J connectivity index is 1.52. The molecule has 7 nitrogen and oxygen atoms in total. The van der Waals surface area contributed by atoms with Crippen LogP contribution in [0.1, 0.15) is 10.6 Å². The third-order valence-corrected chi connectivity index (χ3v) is 3.12. The summed E-state index contributed by atoms with van der Waals surface area (Å²) in [4.78, 5) is 11.6. The van der Waals surface area contributed by atoms with E-state index in [4.69, 9.17) is 9.26 Å². The van der Waals surface area contributed by atoms with Gasteiger partial charge >= 0.3 is 0 Å². The lowest BCUT2D eigenvalue weighted by Crippen LogP contribution is -2.27. The Bertz CT molecular complexity index is 780. The van der Waals surface area contributed by atoms with Crippen LogP contribution < -0.4 is 10.1 Å². The standard InChI is InChI=1S/C16H15N4O3/c1-20-11-13(10-18-20)12-3-2-4-14(9-12)22-8-7-17-16(21)15-5-6-19-23-15/h3-6,9-11H,7-8H2,1H3,(H,17,21). The third-order valence-electron chi connectivity index (χ3n) is 3.12. The lowest BCUT2D eigenvalue weighted by Gasteiger charge is -2.08. The summed E-state index contributed by atoms with van der Waals surface area (Å²) < 4.78 is 12.1. The molecule has 3 aromatic rings. The maximum Gasteiger partial charge on any atom is 0.290 e. The van der Waals surface area contributed by atoms with Crippen molar-refractivity contribution < 1.29 is 14.1 Å². The molecule has 0 bridgehead atoms. The molecule has 1 aromatic carbocycles. The van der Waals surface area contributed by atoms with E-state index in [9.17, 15) is 4.79 Å². The predicted molar refractivity (Wildman–Crippen MR) is 81.8 cm³/mol. The van der Waals surface area contributed by atoms with Crippen molar-refractivity contribution in [1.29, 1.82) is 0 Å². The Hall–Kier alpha value is -3.09. The lowest BCUT2D eigenvalue weighted by molar-refractivity contribution is 0.0910. The highest BCUT2D eigenvalue weighted by atomic mass is 16.5. The van der Waals surface area contributed by atoms with Gasteiger partial charge in [-0.05, 0) is 29.8 Å². The van der Waals surface area contributed by atoms with E-state index in [2.05, 4.69) is 21.6 Å². The Labute approximate surface area is 132 Å². The van der Waals surface area contributed by atoms with Gasteiger partial charge in [0.2, 0.25) is 5.76 Å². The molecule has 0 aliphatic carbocycles. The van der Waals surface area contributed by atoms with Crippen LogP contribution >= 0.6 is 0 Å². The summed E-state index contributed by atoms with van der Waals surface area (Å²) in [5, 5.41) is 10.3. The molecular formula is C16H15N4O3. The highest BCUT2D eigenvalue weighted by Crippen LogP contribution is 2.22. The molecule has 0 atom stereocenters. The summed E-state index contributed by atoms with van der Waals surface area (Å²) in [7, 11) is 1.87. The van der Waals surface area contributed by atoms with Crippen LogP contribution in [0.4, 0.5) is 0 Å². The van der Waals surface area contributed by atoms with E-state index in [1.165, 1.54) is 12.3 Å². The summed E-state index contributed by atoms with van der Waals surface area (Å²) in [6.07, 6.45) is 5.13. The van der Waals surface area contributed by atoms with Crippen LogP contribution in [0.25, 0.3) is 11.1 Å². The molecule has 0 aliphatic heterocycles. The first kappa shape index (κ1) is 14.8. The molecule has 1 radical (unpaired) electrons. The van der Waals surface area contributed by atoms with E-state index < -0.39 is 0 Å². The normalized spacial score (nSPS) is 10.5. The van der Waals surface area contributed by atoms with Crippen LogP contribution in [-0.2, 0) is 7.05 Å². The molecule has 2 aromatic heterocycles. The number of ether oxygens (including phenoxy) is 1. The SMILES string of the molecule is Cn1cc(-c2c[c]cc(OCCNC(=O)c3ccno3)c2)cn1. The van der Waals surface area contributed by atoms with Gasteiger partial charge in [-0.15, -0.1) is 0 Å². The average molecular weight is 311 g/mol. The molecular weight excluding hydrogens is 296 g/mol. The van der Waals surface area contributed by atoms with Crippen LogP contribution in [0.15, 0.2) is 47.4 Å². The summed E-state index contributed by atoms with van der Waals surface area (Å²) in [5.74, 6) is 0.541. The quantitative estimate of drug-likeness (QED) is 0.700. The summed E-state index contributed by atoms with van der Waals surface area (Å²) in [6.45, 7) is 0.695. The monoisotopic (exact) mass is 311 g/mol. The number of benzene rings is 1. The van der Waals surface area contributed by atoms with Crippen molar-refractivity contribution >= 4 is 5.91 Å². The zero-order valence-corrected chi connectivity index (χ0v) is 12.5. The molecule has 7 heteroatoms. The minimum Gasteiger partial charge on any atom is -0.492 e. The van der Waals surface area contributed by atoms with Crippen molar-refractivity contribution in [3.63, 3.8) is 0 Å². The molecule has 3 rings (SSSR count). The smallest absolute Gasteiger partial charge is 0.290 e. The van der Waals surface area contributed by atoms with E-state index in [1.807, 2.05) is 25.4 Å². The van der Waals surface area contributed by atoms with Gasteiger partial charge in [0.25, 0.3) is 5.91 Å². The minimum absolute atomic E-state index is 0.178. The van der Waals surface area contributed by atoms with Gasteiger partial charge in [0, 0.05) is 24.9 Å². The van der Waals surface area contributed by atoms with Crippen molar-refractivity contribution in [2.75, 3.05) is 13.2 Å². The highest BCUT2D eigenvalue weighted by Gasteiger charge is 2.08. The van der Waals surface area contributed by atoms with E-state index in [-0.39, 0.29) is 11.7 Å². The van der Waals surface area contributed by atoms with Crippen LogP contribution in [0.5, 0.6) is 5.75 Å². The number of carbonyl (C=O) groups is 1. The zero-order chi connectivity index (χ0) is 16.1. The number of hydrogen-bond acceptors (Lipinski definition) is 5. The number of amides is 1. The van der Waals surface area contributed by atoms with Crippen molar-refractivity contribution in [2.24, 2.45) is 7.05 Å². The number of hydrogen-bond donors (Lipinski definition) is 1. The van der Waals surface area contributed by atoms with E-state index in [0.29, 0.717) is 18.9 Å². The number of aryl methyl sites for hydroxylation is 1. The number of carbonyl (C=O) groups excluding carboxylic acids is 1. The Morgan fingerprint density at radius 2 is 2.35 bits per heavy atom. The first-order valence-electron chi connectivity index (χ1n) is 7.04. The van der Waals surface area contributed by atoms with Crippen LogP contribution in [0, 0.1) is 6.07 Å². The molecule has 0 aliphatic rings. The molecule has 0 fully saturated rings. The predicted octanol–water partition coefficient (Wildman–Crippen LogP) is 1.68. The van der Waals surface area contributed by atoms with Gasteiger partial charge in [0.05, 0.1) is 18.9 Å². The second-order valence-electron chi connectivity index (χ2n) is 4.84. The zero-order valence-electron chi connectivity index (χ0n) is 12.5. The minimum atomic E-state index is -0.318. The van der Waals surface area contributed by atoms with E-state index in [0.717, 1.165) is 11.1 Å². The maximum atomic E-state index is 11.6. The fourth-order valence-electron chi connectivity index (χ4n) is 2.02. The van der Waals surface area contributed by atoms with Gasteiger partial charge in [-0.2, -0.15) is 5.10 Å². The molecule has 0 spiro atoms. The van der Waals surface area contributed by atoms with E-state index in [1.54, 1.807) is 16.9 Å². The Kier molecular flexibility index (Phi) is 4.37. The van der Waals surface area contributed by atoms with Gasteiger partial charge in [-0.25, -0.2) is 0 Å².